The van der Waals surface area contributed by atoms with Gasteiger partial charge < -0.3 is 19.9 Å². The number of hydrogen-bond acceptors (Lipinski definition) is 4. The number of carboxylic acids is 1. The molecule has 0 saturated carbocycles. The van der Waals surface area contributed by atoms with Crippen LogP contribution in [0.5, 0.6) is 5.75 Å². The summed E-state index contributed by atoms with van der Waals surface area (Å²) < 4.78 is 24.0. The molecule has 0 bridgehead atoms. The molecule has 1 aliphatic rings. The monoisotopic (exact) mass is 283 g/mol. The highest BCUT2D eigenvalue weighted by Gasteiger charge is 2.31. The number of carbonyl (C=O) groups is 1. The van der Waals surface area contributed by atoms with Crippen molar-refractivity contribution in [1.82, 2.24) is 5.32 Å². The largest absolute Gasteiger partial charge is 0.494 e. The van der Waals surface area contributed by atoms with E-state index in [1.165, 1.54) is 13.2 Å². The van der Waals surface area contributed by atoms with Crippen LogP contribution >= 0.6 is 0 Å². The van der Waals surface area contributed by atoms with Gasteiger partial charge in [0, 0.05) is 19.7 Å². The summed E-state index contributed by atoms with van der Waals surface area (Å²) in [6, 6.07) is 2.82. The van der Waals surface area contributed by atoms with Gasteiger partial charge in [-0.15, -0.1) is 0 Å². The second-order valence-electron chi connectivity index (χ2n) is 4.85. The van der Waals surface area contributed by atoms with Gasteiger partial charge in [-0.2, -0.15) is 0 Å². The van der Waals surface area contributed by atoms with Crippen molar-refractivity contribution in [3.63, 3.8) is 0 Å². The Hall–Kier alpha value is -1.66. The van der Waals surface area contributed by atoms with Crippen LogP contribution in [0.2, 0.25) is 0 Å². The maximum atomic E-state index is 13.9. The molecule has 2 unspecified atom stereocenters. The summed E-state index contributed by atoms with van der Waals surface area (Å²) >= 11 is 0. The fourth-order valence-electron chi connectivity index (χ4n) is 2.53. The number of ether oxygens (including phenoxy) is 2. The van der Waals surface area contributed by atoms with Crippen LogP contribution in [0.4, 0.5) is 4.39 Å². The zero-order chi connectivity index (χ0) is 14.7. The third-order valence-corrected chi connectivity index (χ3v) is 3.57. The zero-order valence-electron chi connectivity index (χ0n) is 11.5. The fourth-order valence-corrected chi connectivity index (χ4v) is 2.53. The number of halogens is 1. The molecule has 0 radical (unpaired) electrons. The normalized spacial score (nSPS) is 21.9. The average Bonchev–Trinajstić information content (AvgIpc) is 2.90. The van der Waals surface area contributed by atoms with Crippen molar-refractivity contribution in [2.45, 2.75) is 19.1 Å². The third kappa shape index (κ3) is 2.91. The second-order valence-corrected chi connectivity index (χ2v) is 4.85. The Labute approximate surface area is 116 Å². The maximum absolute atomic E-state index is 13.9. The molecule has 20 heavy (non-hydrogen) atoms. The first-order valence-electron chi connectivity index (χ1n) is 6.38. The van der Waals surface area contributed by atoms with E-state index in [0.29, 0.717) is 19.6 Å². The molecule has 2 atom stereocenters. The molecule has 2 N–H and O–H groups in total. The van der Waals surface area contributed by atoms with Crippen LogP contribution in [-0.2, 0) is 16.1 Å². The molecule has 0 amide bonds. The molecular weight excluding hydrogens is 265 g/mol. The predicted molar refractivity (Wildman–Crippen MR) is 70.2 cm³/mol. The molecule has 5 nitrogen and oxygen atoms in total. The molecule has 2 rings (SSSR count). The Morgan fingerprint density at radius 3 is 2.80 bits per heavy atom. The van der Waals surface area contributed by atoms with Crippen molar-refractivity contribution in [2.24, 2.45) is 5.92 Å². The molecule has 1 fully saturated rings. The summed E-state index contributed by atoms with van der Waals surface area (Å²) in [6.07, 6.45) is 0.442. The van der Waals surface area contributed by atoms with E-state index in [1.807, 2.05) is 0 Å². The second kappa shape index (κ2) is 6.19. The Bertz CT molecular complexity index is 506. The Kier molecular flexibility index (Phi) is 4.57. The van der Waals surface area contributed by atoms with Gasteiger partial charge in [-0.1, -0.05) is 0 Å². The molecular formula is C14H18FNO4. The van der Waals surface area contributed by atoms with Crippen molar-refractivity contribution in [1.29, 1.82) is 0 Å². The van der Waals surface area contributed by atoms with Gasteiger partial charge in [-0.25, -0.2) is 4.39 Å². The molecule has 0 spiro atoms. The van der Waals surface area contributed by atoms with Gasteiger partial charge in [0.25, 0.3) is 0 Å². The molecule has 110 valence electrons. The van der Waals surface area contributed by atoms with Crippen molar-refractivity contribution >= 4 is 5.97 Å². The molecule has 6 heteroatoms. The van der Waals surface area contributed by atoms with E-state index in [9.17, 15) is 9.18 Å². The van der Waals surface area contributed by atoms with Crippen molar-refractivity contribution in [3.05, 3.63) is 29.1 Å². The van der Waals surface area contributed by atoms with E-state index in [-0.39, 0.29) is 11.8 Å². The average molecular weight is 283 g/mol. The van der Waals surface area contributed by atoms with Gasteiger partial charge in [0.2, 0.25) is 0 Å². The number of methoxy groups -OCH3 is 2. The summed E-state index contributed by atoms with van der Waals surface area (Å²) in [5.41, 5.74) is 1.53. The van der Waals surface area contributed by atoms with E-state index >= 15 is 0 Å². The first kappa shape index (κ1) is 14.7. The van der Waals surface area contributed by atoms with E-state index in [2.05, 4.69) is 5.32 Å². The van der Waals surface area contributed by atoms with E-state index in [1.54, 1.807) is 13.2 Å². The first-order chi connectivity index (χ1) is 9.56. The quantitative estimate of drug-likeness (QED) is 0.861. The SMILES string of the molecule is COCc1cc(OC)c(F)cc1C1CC(C(=O)O)CN1. The lowest BCUT2D eigenvalue weighted by Crippen LogP contribution is -2.18. The predicted octanol–water partition coefficient (Wildman–Crippen LogP) is 1.72. The van der Waals surface area contributed by atoms with Crippen LogP contribution in [0.25, 0.3) is 0 Å². The highest BCUT2D eigenvalue weighted by Crippen LogP contribution is 2.33. The summed E-state index contributed by atoms with van der Waals surface area (Å²) in [4.78, 5) is 11.0. The number of benzene rings is 1. The van der Waals surface area contributed by atoms with Gasteiger partial charge >= 0.3 is 5.97 Å². The molecule has 1 aliphatic heterocycles. The molecule has 1 aromatic rings. The number of nitrogens with one attached hydrogen (secondary N) is 1. The summed E-state index contributed by atoms with van der Waals surface area (Å²) in [6.45, 7) is 0.710. The van der Waals surface area contributed by atoms with Crippen LogP contribution < -0.4 is 10.1 Å². The summed E-state index contributed by atoms with van der Waals surface area (Å²) in [5.74, 6) is -1.57. The lowest BCUT2D eigenvalue weighted by molar-refractivity contribution is -0.141. The van der Waals surface area contributed by atoms with E-state index < -0.39 is 17.7 Å². The highest BCUT2D eigenvalue weighted by molar-refractivity contribution is 5.70. The minimum atomic E-state index is -0.831. The third-order valence-electron chi connectivity index (χ3n) is 3.57. The topological polar surface area (TPSA) is 67.8 Å². The van der Waals surface area contributed by atoms with Gasteiger partial charge in [0.15, 0.2) is 11.6 Å². The Morgan fingerprint density at radius 1 is 1.50 bits per heavy atom. The van der Waals surface area contributed by atoms with Crippen LogP contribution in [0.3, 0.4) is 0 Å². The van der Waals surface area contributed by atoms with Gasteiger partial charge in [-0.3, -0.25) is 4.79 Å². The fraction of sp³-hybridized carbons (Fsp3) is 0.500. The molecule has 0 aliphatic carbocycles. The van der Waals surface area contributed by atoms with Crippen molar-refractivity contribution in [3.8, 4) is 5.75 Å². The standard InChI is InChI=1S/C14H18FNO4/c1-19-7-9-4-13(20-2)11(15)5-10(9)12-3-8(6-16-12)14(17)18/h4-5,8,12,16H,3,6-7H2,1-2H3,(H,17,18). The Balaban J connectivity index is 2.30. The van der Waals surface area contributed by atoms with Crippen molar-refractivity contribution < 1.29 is 23.8 Å². The minimum absolute atomic E-state index is 0.161. The summed E-state index contributed by atoms with van der Waals surface area (Å²) in [5, 5.41) is 12.2. The van der Waals surface area contributed by atoms with Crippen LogP contribution in [0, 0.1) is 11.7 Å². The smallest absolute Gasteiger partial charge is 0.307 e. The number of rotatable bonds is 5. The zero-order valence-corrected chi connectivity index (χ0v) is 11.5. The maximum Gasteiger partial charge on any atom is 0.307 e. The molecule has 0 aromatic heterocycles. The van der Waals surface area contributed by atoms with Crippen LogP contribution in [0.1, 0.15) is 23.6 Å². The minimum Gasteiger partial charge on any atom is -0.494 e. The highest BCUT2D eigenvalue weighted by atomic mass is 19.1. The number of hydrogen-bond donors (Lipinski definition) is 2. The van der Waals surface area contributed by atoms with Gasteiger partial charge in [-0.05, 0) is 29.7 Å². The lowest BCUT2D eigenvalue weighted by atomic mass is 9.96. The molecule has 1 aromatic carbocycles. The Morgan fingerprint density at radius 2 is 2.25 bits per heavy atom. The lowest BCUT2D eigenvalue weighted by Gasteiger charge is -2.17. The summed E-state index contributed by atoms with van der Waals surface area (Å²) in [7, 11) is 2.96. The number of carboxylic acid groups (broad SMARTS) is 1. The molecule has 1 saturated heterocycles. The van der Waals surface area contributed by atoms with Crippen molar-refractivity contribution in [2.75, 3.05) is 20.8 Å². The first-order valence-corrected chi connectivity index (χ1v) is 6.38. The number of aliphatic carboxylic acids is 1. The van der Waals surface area contributed by atoms with E-state index in [4.69, 9.17) is 14.6 Å². The van der Waals surface area contributed by atoms with Gasteiger partial charge in [0.1, 0.15) is 0 Å². The van der Waals surface area contributed by atoms with Crippen LogP contribution in [-0.4, -0.2) is 31.8 Å². The van der Waals surface area contributed by atoms with Crippen LogP contribution in [0.15, 0.2) is 12.1 Å². The van der Waals surface area contributed by atoms with Gasteiger partial charge in [0.05, 0.1) is 19.6 Å². The van der Waals surface area contributed by atoms with E-state index in [0.717, 1.165) is 11.1 Å². The molecule has 1 heterocycles.